The second-order valence-electron chi connectivity index (χ2n) is 4.62. The van der Waals surface area contributed by atoms with Gasteiger partial charge in [0.2, 0.25) is 0 Å². The average Bonchev–Trinajstić information content (AvgIpc) is 2.48. The average molecular weight is 330 g/mol. The number of nitrogens with two attached hydrogens (primary N) is 1. The normalized spacial score (nSPS) is 11.8. The Balaban J connectivity index is 0.00000220. The Morgan fingerprint density at radius 1 is 1.14 bits per heavy atom. The molecule has 2 aromatic rings. The molecule has 0 radical (unpaired) electrons. The quantitative estimate of drug-likeness (QED) is 0.896. The molecule has 0 aliphatic heterocycles. The van der Waals surface area contributed by atoms with E-state index in [0.717, 1.165) is 23.1 Å². The summed E-state index contributed by atoms with van der Waals surface area (Å²) in [6.07, 6.45) is 0.804. The first-order chi connectivity index (χ1) is 9.63. The lowest BCUT2D eigenvalue weighted by Crippen LogP contribution is -2.24. The molecule has 5 heteroatoms. The van der Waals surface area contributed by atoms with Crippen LogP contribution in [0.2, 0.25) is 5.02 Å². The van der Waals surface area contributed by atoms with E-state index in [0.29, 0.717) is 6.54 Å². The molecular weight excluding hydrogens is 312 g/mol. The highest BCUT2D eigenvalue weighted by Gasteiger charge is 2.07. The second kappa shape index (κ2) is 8.35. The third-order valence-electron chi connectivity index (χ3n) is 3.27. The Morgan fingerprint density at radius 3 is 2.29 bits per heavy atom. The molecule has 1 atom stereocenters. The Labute approximate surface area is 135 Å². The first-order valence-electron chi connectivity index (χ1n) is 6.41. The molecule has 0 saturated heterocycles. The predicted octanol–water partition coefficient (Wildman–Crippen LogP) is 4.08. The van der Waals surface area contributed by atoms with E-state index in [2.05, 4.69) is 0 Å². The van der Waals surface area contributed by atoms with Gasteiger partial charge in [0.15, 0.2) is 0 Å². The summed E-state index contributed by atoms with van der Waals surface area (Å²) in [5, 5.41) is 0.133. The molecule has 0 aromatic heterocycles. The predicted molar refractivity (Wildman–Crippen MR) is 87.6 cm³/mol. The molecule has 0 saturated carbocycles. The third-order valence-corrected chi connectivity index (χ3v) is 3.56. The number of methoxy groups -OCH3 is 1. The first-order valence-corrected chi connectivity index (χ1v) is 6.79. The Morgan fingerprint density at radius 2 is 1.76 bits per heavy atom. The molecular formula is C16H18Cl2FNO. The molecule has 0 aliphatic rings. The van der Waals surface area contributed by atoms with Gasteiger partial charge in [0.25, 0.3) is 0 Å². The van der Waals surface area contributed by atoms with E-state index in [9.17, 15) is 4.39 Å². The summed E-state index contributed by atoms with van der Waals surface area (Å²) in [5.41, 5.74) is 8.65. The van der Waals surface area contributed by atoms with Crippen molar-refractivity contribution in [3.63, 3.8) is 0 Å². The second-order valence-corrected chi connectivity index (χ2v) is 5.03. The van der Waals surface area contributed by atoms with Gasteiger partial charge in [0, 0.05) is 13.7 Å². The van der Waals surface area contributed by atoms with Crippen LogP contribution in [0.25, 0.3) is 11.1 Å². The Hall–Kier alpha value is -1.13. The summed E-state index contributed by atoms with van der Waals surface area (Å²) in [7, 11) is 1.66. The maximum Gasteiger partial charge on any atom is 0.141 e. The van der Waals surface area contributed by atoms with Crippen LogP contribution >= 0.6 is 24.0 Å². The third kappa shape index (κ3) is 4.68. The fraction of sp³-hybridized carbons (Fsp3) is 0.250. The maximum atomic E-state index is 13.1. The van der Waals surface area contributed by atoms with Crippen LogP contribution in [-0.2, 0) is 11.2 Å². The molecule has 114 valence electrons. The van der Waals surface area contributed by atoms with Crippen molar-refractivity contribution in [2.24, 2.45) is 5.73 Å². The number of benzene rings is 2. The molecule has 0 aliphatic carbocycles. The largest absolute Gasteiger partial charge is 0.380 e. The molecule has 2 rings (SSSR count). The van der Waals surface area contributed by atoms with Gasteiger partial charge in [0.05, 0.1) is 11.1 Å². The monoisotopic (exact) mass is 329 g/mol. The van der Waals surface area contributed by atoms with Crippen molar-refractivity contribution in [2.75, 3.05) is 13.7 Å². The molecule has 0 bridgehead atoms. The minimum Gasteiger partial charge on any atom is -0.380 e. The number of hydrogen-bond donors (Lipinski definition) is 1. The van der Waals surface area contributed by atoms with Gasteiger partial charge in [0.1, 0.15) is 5.82 Å². The number of halogens is 3. The van der Waals surface area contributed by atoms with Crippen molar-refractivity contribution in [1.29, 1.82) is 0 Å². The van der Waals surface area contributed by atoms with Crippen LogP contribution in [0.5, 0.6) is 0 Å². The van der Waals surface area contributed by atoms with E-state index in [-0.39, 0.29) is 23.5 Å². The molecule has 0 amide bonds. The van der Waals surface area contributed by atoms with Crippen LogP contribution in [0.1, 0.15) is 5.56 Å². The van der Waals surface area contributed by atoms with E-state index in [1.165, 1.54) is 6.07 Å². The van der Waals surface area contributed by atoms with Crippen LogP contribution in [0, 0.1) is 5.82 Å². The molecule has 2 nitrogen and oxygen atoms in total. The molecule has 0 heterocycles. The molecule has 21 heavy (non-hydrogen) atoms. The van der Waals surface area contributed by atoms with Gasteiger partial charge in [-0.3, -0.25) is 0 Å². The first kappa shape index (κ1) is 17.9. The van der Waals surface area contributed by atoms with Crippen LogP contribution < -0.4 is 5.73 Å². The van der Waals surface area contributed by atoms with Gasteiger partial charge in [-0.15, -0.1) is 12.4 Å². The molecule has 2 N–H and O–H groups in total. The molecule has 2 aromatic carbocycles. The lowest BCUT2D eigenvalue weighted by molar-refractivity contribution is 0.110. The Kier molecular flexibility index (Phi) is 7.12. The molecule has 0 fully saturated rings. The summed E-state index contributed by atoms with van der Waals surface area (Å²) in [4.78, 5) is 0. The summed E-state index contributed by atoms with van der Waals surface area (Å²) < 4.78 is 18.4. The van der Waals surface area contributed by atoms with Gasteiger partial charge >= 0.3 is 0 Å². The van der Waals surface area contributed by atoms with Crippen molar-refractivity contribution >= 4 is 24.0 Å². The highest BCUT2D eigenvalue weighted by molar-refractivity contribution is 6.31. The van der Waals surface area contributed by atoms with Crippen molar-refractivity contribution < 1.29 is 9.13 Å². The fourth-order valence-corrected chi connectivity index (χ4v) is 2.22. The van der Waals surface area contributed by atoms with Gasteiger partial charge < -0.3 is 10.5 Å². The highest BCUT2D eigenvalue weighted by Crippen LogP contribution is 2.25. The lowest BCUT2D eigenvalue weighted by atomic mass is 10.0. The van der Waals surface area contributed by atoms with Crippen LogP contribution in [-0.4, -0.2) is 19.8 Å². The minimum atomic E-state index is -0.405. The van der Waals surface area contributed by atoms with Crippen LogP contribution in [0.15, 0.2) is 42.5 Å². The smallest absolute Gasteiger partial charge is 0.141 e. The number of rotatable bonds is 5. The van der Waals surface area contributed by atoms with Crippen LogP contribution in [0.4, 0.5) is 4.39 Å². The number of hydrogen-bond acceptors (Lipinski definition) is 2. The molecule has 1 unspecified atom stereocenters. The van der Waals surface area contributed by atoms with Crippen molar-refractivity contribution in [3.8, 4) is 11.1 Å². The van der Waals surface area contributed by atoms with E-state index < -0.39 is 5.82 Å². The van der Waals surface area contributed by atoms with Crippen molar-refractivity contribution in [2.45, 2.75) is 12.5 Å². The maximum absolute atomic E-state index is 13.1. The van der Waals surface area contributed by atoms with E-state index in [4.69, 9.17) is 22.1 Å². The van der Waals surface area contributed by atoms with Gasteiger partial charge in [-0.1, -0.05) is 41.9 Å². The highest BCUT2D eigenvalue weighted by atomic mass is 35.5. The fourth-order valence-electron chi connectivity index (χ4n) is 2.03. The van der Waals surface area contributed by atoms with Crippen molar-refractivity contribution in [1.82, 2.24) is 0 Å². The van der Waals surface area contributed by atoms with Gasteiger partial charge in [-0.25, -0.2) is 4.39 Å². The number of ether oxygens (including phenoxy) is 1. The van der Waals surface area contributed by atoms with Gasteiger partial charge in [-0.05, 0) is 35.2 Å². The molecule has 0 spiro atoms. The lowest BCUT2D eigenvalue weighted by Gasteiger charge is -2.13. The van der Waals surface area contributed by atoms with E-state index in [1.807, 2.05) is 24.3 Å². The summed E-state index contributed by atoms with van der Waals surface area (Å²) in [6.45, 7) is 0.492. The van der Waals surface area contributed by atoms with Crippen molar-refractivity contribution in [3.05, 3.63) is 58.9 Å². The van der Waals surface area contributed by atoms with E-state index >= 15 is 0 Å². The van der Waals surface area contributed by atoms with Gasteiger partial charge in [-0.2, -0.15) is 0 Å². The Bertz CT molecular complexity index is 571. The summed E-state index contributed by atoms with van der Waals surface area (Å²) in [6, 6.07) is 12.7. The SMILES string of the molecule is COC(CN)Cc1ccc(-c2ccc(F)c(Cl)c2)cc1.Cl. The zero-order valence-corrected chi connectivity index (χ0v) is 13.3. The summed E-state index contributed by atoms with van der Waals surface area (Å²) >= 11 is 5.80. The topological polar surface area (TPSA) is 35.2 Å². The standard InChI is InChI=1S/C16H17ClFNO.ClH/c1-20-14(10-19)8-11-2-4-12(5-3-11)13-6-7-16(18)15(17)9-13;/h2-7,9,14H,8,10,19H2,1H3;1H. The zero-order valence-electron chi connectivity index (χ0n) is 11.7. The zero-order chi connectivity index (χ0) is 14.5. The van der Waals surface area contributed by atoms with Crippen LogP contribution in [0.3, 0.4) is 0 Å². The summed E-state index contributed by atoms with van der Waals surface area (Å²) in [5.74, 6) is -0.405. The van der Waals surface area contributed by atoms with E-state index in [1.54, 1.807) is 19.2 Å². The minimum absolute atomic E-state index is 0.